The van der Waals surface area contributed by atoms with E-state index in [0.717, 1.165) is 19.5 Å². The van der Waals surface area contributed by atoms with E-state index in [1.54, 1.807) is 11.5 Å². The number of aliphatic hydroxyl groups is 2. The number of nitrogens with one attached hydrogen (secondary N) is 1. The number of hydrogen-bond donors (Lipinski definition) is 3. The number of imidazole rings is 1. The third-order valence-corrected chi connectivity index (χ3v) is 10.1. The first-order valence-electron chi connectivity index (χ1n) is 15.8. The molecule has 0 aromatic carbocycles. The summed E-state index contributed by atoms with van der Waals surface area (Å²) in [5.74, 6) is -0.161. The number of carbonyl (C=O) groups excluding carboxylic acids is 1. The molecule has 14 heteroatoms. The van der Waals surface area contributed by atoms with Crippen LogP contribution in [0.2, 0.25) is 0 Å². The summed E-state index contributed by atoms with van der Waals surface area (Å²) in [4.78, 5) is 31.6. The number of nitrogens with zero attached hydrogens (tertiary/aromatic N) is 7. The Morgan fingerprint density at radius 3 is 2.51 bits per heavy atom. The SMILES string of the molecule is CCCN(C(=O)C(F)(F)F)[C@H]1C[C@@H](n2cnc3c(NC[C@@H]4[C@@H](C=C(C)C)C4(C)C)nc(N4CC[C@@H](N(C)C)C4)nc32)[C@H](O)[C@@H]1O. The molecule has 3 N–H and O–H groups in total. The van der Waals surface area contributed by atoms with Crippen molar-refractivity contribution in [3.63, 3.8) is 0 Å². The number of hydrogen-bond acceptors (Lipinski definition) is 9. The highest BCUT2D eigenvalue weighted by molar-refractivity contribution is 5.85. The third-order valence-electron chi connectivity index (χ3n) is 10.1. The molecule has 0 radical (unpaired) electrons. The predicted octanol–water partition coefficient (Wildman–Crippen LogP) is 3.45. The van der Waals surface area contributed by atoms with Gasteiger partial charge in [0, 0.05) is 32.2 Å². The number of amides is 1. The molecule has 3 fully saturated rings. The van der Waals surface area contributed by atoms with Crippen molar-refractivity contribution in [2.24, 2.45) is 17.3 Å². The Morgan fingerprint density at radius 1 is 1.20 bits per heavy atom. The predicted molar refractivity (Wildman–Crippen MR) is 166 cm³/mol. The second-order valence-corrected chi connectivity index (χ2v) is 14.0. The minimum Gasteiger partial charge on any atom is -0.388 e. The van der Waals surface area contributed by atoms with Gasteiger partial charge in [-0.05, 0) is 64.5 Å². The summed E-state index contributed by atoms with van der Waals surface area (Å²) < 4.78 is 42.0. The van der Waals surface area contributed by atoms with Crippen LogP contribution in [0, 0.1) is 17.3 Å². The lowest BCUT2D eigenvalue weighted by atomic mass is 10.1. The van der Waals surface area contributed by atoms with Gasteiger partial charge in [-0.1, -0.05) is 32.4 Å². The maximum absolute atomic E-state index is 13.5. The summed E-state index contributed by atoms with van der Waals surface area (Å²) in [7, 11) is 4.07. The number of aromatic nitrogens is 4. The lowest BCUT2D eigenvalue weighted by molar-refractivity contribution is -0.190. The number of anilines is 2. The summed E-state index contributed by atoms with van der Waals surface area (Å²) in [6.07, 6.45) is -3.20. The van der Waals surface area contributed by atoms with Crippen LogP contribution in [0.1, 0.15) is 59.9 Å². The Kier molecular flexibility index (Phi) is 9.15. The molecule has 2 aromatic rings. The van der Waals surface area contributed by atoms with Crippen molar-refractivity contribution in [3.8, 4) is 0 Å². The molecule has 2 aromatic heterocycles. The number of likely N-dealkylation sites (N-methyl/N-ethyl adjacent to an activating group) is 1. The molecule has 1 aliphatic heterocycles. The fourth-order valence-electron chi connectivity index (χ4n) is 7.22. The molecule has 11 nitrogen and oxygen atoms in total. The summed E-state index contributed by atoms with van der Waals surface area (Å²) in [6, 6.07) is -1.76. The van der Waals surface area contributed by atoms with Crippen LogP contribution in [-0.2, 0) is 4.79 Å². The number of aliphatic hydroxyl groups excluding tert-OH is 2. The number of carbonyl (C=O) groups is 1. The lowest BCUT2D eigenvalue weighted by Gasteiger charge is -2.31. The molecule has 250 valence electrons. The molecule has 45 heavy (non-hydrogen) atoms. The fraction of sp³-hybridized carbons (Fsp3) is 0.742. The average molecular weight is 637 g/mol. The van der Waals surface area contributed by atoms with Crippen LogP contribution in [0.25, 0.3) is 11.2 Å². The van der Waals surface area contributed by atoms with Crippen LogP contribution >= 0.6 is 0 Å². The highest BCUT2D eigenvalue weighted by atomic mass is 19.4. The van der Waals surface area contributed by atoms with E-state index in [1.165, 1.54) is 11.9 Å². The number of rotatable bonds is 10. The van der Waals surface area contributed by atoms with Crippen LogP contribution in [0.5, 0.6) is 0 Å². The zero-order valence-corrected chi connectivity index (χ0v) is 27.2. The van der Waals surface area contributed by atoms with E-state index in [1.807, 2.05) is 14.1 Å². The van der Waals surface area contributed by atoms with Gasteiger partial charge in [0.25, 0.3) is 0 Å². The molecular formula is C31H47F3N8O3. The van der Waals surface area contributed by atoms with Crippen molar-refractivity contribution in [3.05, 3.63) is 18.0 Å². The molecule has 2 aliphatic carbocycles. The highest BCUT2D eigenvalue weighted by Crippen LogP contribution is 2.59. The fourth-order valence-corrected chi connectivity index (χ4v) is 7.22. The first kappa shape index (κ1) is 33.4. The van der Waals surface area contributed by atoms with Gasteiger partial charge in [0.1, 0.15) is 12.2 Å². The Balaban J connectivity index is 1.49. The van der Waals surface area contributed by atoms with Gasteiger partial charge in [0.05, 0.1) is 18.4 Å². The lowest BCUT2D eigenvalue weighted by Crippen LogP contribution is -2.51. The van der Waals surface area contributed by atoms with Gasteiger partial charge >= 0.3 is 12.1 Å². The monoisotopic (exact) mass is 636 g/mol. The Bertz CT molecular complexity index is 1420. The first-order chi connectivity index (χ1) is 21.1. The molecule has 1 saturated heterocycles. The van der Waals surface area contributed by atoms with E-state index in [0.29, 0.717) is 52.3 Å². The van der Waals surface area contributed by atoms with Crippen molar-refractivity contribution in [1.29, 1.82) is 0 Å². The van der Waals surface area contributed by atoms with Gasteiger partial charge in [-0.2, -0.15) is 23.1 Å². The zero-order valence-electron chi connectivity index (χ0n) is 27.2. The number of alkyl halides is 3. The quantitative estimate of drug-likeness (QED) is 0.337. The van der Waals surface area contributed by atoms with E-state index < -0.39 is 36.4 Å². The maximum atomic E-state index is 13.5. The number of fused-ring (bicyclic) bond motifs is 1. The molecule has 1 amide bonds. The smallest absolute Gasteiger partial charge is 0.388 e. The molecule has 0 bridgehead atoms. The van der Waals surface area contributed by atoms with Gasteiger partial charge in [0.15, 0.2) is 17.0 Å². The van der Waals surface area contributed by atoms with Gasteiger partial charge in [-0.25, -0.2) is 4.98 Å². The summed E-state index contributed by atoms with van der Waals surface area (Å²) in [5.41, 5.74) is 2.29. The minimum atomic E-state index is -5.09. The zero-order chi connectivity index (χ0) is 33.0. The summed E-state index contributed by atoms with van der Waals surface area (Å²) in [6.45, 7) is 12.3. The molecule has 0 unspecified atom stereocenters. The van der Waals surface area contributed by atoms with Crippen LogP contribution in [0.3, 0.4) is 0 Å². The largest absolute Gasteiger partial charge is 0.471 e. The maximum Gasteiger partial charge on any atom is 0.471 e. The van der Waals surface area contributed by atoms with E-state index in [2.05, 4.69) is 53.9 Å². The molecular weight excluding hydrogens is 589 g/mol. The van der Waals surface area contributed by atoms with Gasteiger partial charge in [0.2, 0.25) is 5.95 Å². The van der Waals surface area contributed by atoms with Crippen LogP contribution in [0.4, 0.5) is 24.9 Å². The molecule has 5 rings (SSSR count). The number of allylic oxidation sites excluding steroid dienone is 2. The normalized spacial score (nSPS) is 29.4. The Labute approximate surface area is 262 Å². The Morgan fingerprint density at radius 2 is 1.91 bits per heavy atom. The van der Waals surface area contributed by atoms with Crippen LogP contribution in [0.15, 0.2) is 18.0 Å². The first-order valence-corrected chi connectivity index (χ1v) is 15.8. The van der Waals surface area contributed by atoms with Crippen molar-refractivity contribution in [2.75, 3.05) is 50.5 Å². The molecule has 3 aliphatic rings. The topological polar surface area (TPSA) is 123 Å². The molecule has 3 heterocycles. The van der Waals surface area contributed by atoms with Crippen molar-refractivity contribution in [2.45, 2.75) is 90.4 Å². The van der Waals surface area contributed by atoms with Crippen molar-refractivity contribution >= 4 is 28.8 Å². The van der Waals surface area contributed by atoms with E-state index in [9.17, 15) is 28.2 Å². The van der Waals surface area contributed by atoms with E-state index >= 15 is 0 Å². The van der Waals surface area contributed by atoms with E-state index in [-0.39, 0.29) is 24.8 Å². The van der Waals surface area contributed by atoms with Crippen LogP contribution in [-0.4, -0.2) is 116 Å². The van der Waals surface area contributed by atoms with Crippen molar-refractivity contribution in [1.82, 2.24) is 29.3 Å². The summed E-state index contributed by atoms with van der Waals surface area (Å²) in [5, 5.41) is 25.6. The number of halogens is 3. The van der Waals surface area contributed by atoms with E-state index in [4.69, 9.17) is 9.97 Å². The van der Waals surface area contributed by atoms with Gasteiger partial charge < -0.3 is 34.8 Å². The molecule has 0 spiro atoms. The van der Waals surface area contributed by atoms with Gasteiger partial charge in [-0.3, -0.25) is 4.79 Å². The van der Waals surface area contributed by atoms with Gasteiger partial charge in [-0.15, -0.1) is 0 Å². The summed E-state index contributed by atoms with van der Waals surface area (Å²) >= 11 is 0. The molecule has 7 atom stereocenters. The standard InChI is InChI=1S/C31H47F3N8O3/c1-8-10-41(28(45)31(32,33)34)21-13-22(25(44)24(21)43)42-16-36-23-26(35-14-20-19(12-17(2)3)30(20,4)5)37-29(38-27(23)42)40-11-9-18(15-40)39(6)7/h12,16,18-22,24-25,43-44H,8-11,13-15H2,1-7H3,(H,35,37,38)/t18-,19-,20-,21+,22-,24-,25+/m1/s1. The second-order valence-electron chi connectivity index (χ2n) is 14.0. The van der Waals surface area contributed by atoms with Crippen LogP contribution < -0.4 is 10.2 Å². The minimum absolute atomic E-state index is 0.0925. The highest BCUT2D eigenvalue weighted by Gasteiger charge is 2.56. The second kappa shape index (κ2) is 12.3. The Hall–Kier alpha value is -2.97. The van der Waals surface area contributed by atoms with Crippen molar-refractivity contribution < 1.29 is 28.2 Å². The molecule has 2 saturated carbocycles. The third kappa shape index (κ3) is 6.37. The average Bonchev–Trinajstić information content (AvgIpc) is 3.47.